The zero-order valence-corrected chi connectivity index (χ0v) is 21.1. The monoisotopic (exact) mass is 543 g/mol. The molecular formula is C26H24Cl2FN5O3. The van der Waals surface area contributed by atoms with Gasteiger partial charge in [0.1, 0.15) is 5.82 Å². The summed E-state index contributed by atoms with van der Waals surface area (Å²) in [5.74, 6) is -1.54. The summed E-state index contributed by atoms with van der Waals surface area (Å²) in [4.78, 5) is 42.4. The van der Waals surface area contributed by atoms with Crippen LogP contribution in [-0.2, 0) is 17.9 Å². The van der Waals surface area contributed by atoms with Gasteiger partial charge in [-0.05, 0) is 53.6 Å². The third kappa shape index (κ3) is 6.19. The van der Waals surface area contributed by atoms with Crippen molar-refractivity contribution in [3.8, 4) is 0 Å². The Morgan fingerprint density at radius 2 is 1.62 bits per heavy atom. The molecule has 1 aliphatic rings. The highest BCUT2D eigenvalue weighted by Crippen LogP contribution is 2.26. The molecular weight excluding hydrogens is 520 g/mol. The van der Waals surface area contributed by atoms with Crippen LogP contribution in [0.1, 0.15) is 21.5 Å². The van der Waals surface area contributed by atoms with Gasteiger partial charge in [0, 0.05) is 37.4 Å². The van der Waals surface area contributed by atoms with Crippen LogP contribution in [0.4, 0.5) is 14.9 Å². The lowest BCUT2D eigenvalue weighted by Gasteiger charge is -2.29. The van der Waals surface area contributed by atoms with Crippen molar-refractivity contribution in [2.75, 3.05) is 18.4 Å². The predicted octanol–water partition coefficient (Wildman–Crippen LogP) is 4.22. The van der Waals surface area contributed by atoms with Crippen LogP contribution in [0, 0.1) is 5.82 Å². The maximum Gasteiger partial charge on any atom is 0.323 e. The van der Waals surface area contributed by atoms with Crippen LogP contribution in [0.25, 0.3) is 0 Å². The lowest BCUT2D eigenvalue weighted by atomic mass is 10.1. The van der Waals surface area contributed by atoms with Crippen molar-refractivity contribution in [3.63, 3.8) is 0 Å². The average molecular weight is 544 g/mol. The number of nitrogens with one attached hydrogen (secondary N) is 2. The van der Waals surface area contributed by atoms with Gasteiger partial charge in [0.15, 0.2) is 6.17 Å². The number of hydrogen-bond acceptors (Lipinski definition) is 4. The minimum atomic E-state index is -1.24. The molecule has 0 radical (unpaired) electrons. The quantitative estimate of drug-likeness (QED) is 0.432. The van der Waals surface area contributed by atoms with E-state index in [1.807, 2.05) is 24.3 Å². The van der Waals surface area contributed by atoms with Crippen LogP contribution in [0.3, 0.4) is 0 Å². The zero-order valence-electron chi connectivity index (χ0n) is 19.6. The van der Waals surface area contributed by atoms with Gasteiger partial charge in [-0.3, -0.25) is 14.5 Å². The van der Waals surface area contributed by atoms with Crippen LogP contribution in [-0.4, -0.2) is 46.9 Å². The van der Waals surface area contributed by atoms with Crippen molar-refractivity contribution in [1.82, 2.24) is 15.1 Å². The van der Waals surface area contributed by atoms with E-state index in [4.69, 9.17) is 28.9 Å². The van der Waals surface area contributed by atoms with Gasteiger partial charge in [-0.2, -0.15) is 0 Å². The van der Waals surface area contributed by atoms with Crippen molar-refractivity contribution >= 4 is 46.7 Å². The number of halogens is 3. The molecule has 37 heavy (non-hydrogen) atoms. The van der Waals surface area contributed by atoms with Crippen LogP contribution >= 0.6 is 23.2 Å². The first kappa shape index (κ1) is 26.4. The summed E-state index contributed by atoms with van der Waals surface area (Å²) < 4.78 is 13.4. The Labute approximate surface area is 223 Å². The van der Waals surface area contributed by atoms with E-state index in [1.54, 1.807) is 6.07 Å². The Morgan fingerprint density at radius 3 is 2.32 bits per heavy atom. The smallest absolute Gasteiger partial charge is 0.323 e. The number of carbonyl (C=O) groups excluding carboxylic acids is 3. The van der Waals surface area contributed by atoms with E-state index in [0.717, 1.165) is 23.3 Å². The lowest BCUT2D eigenvalue weighted by Crippen LogP contribution is -2.54. The van der Waals surface area contributed by atoms with Gasteiger partial charge in [0.05, 0.1) is 10.0 Å². The minimum Gasteiger partial charge on any atom is -0.349 e. The number of amides is 4. The second kappa shape index (κ2) is 11.6. The fourth-order valence-electron chi connectivity index (χ4n) is 4.01. The van der Waals surface area contributed by atoms with Crippen molar-refractivity contribution in [1.29, 1.82) is 0 Å². The molecule has 1 atom stereocenters. The highest BCUT2D eigenvalue weighted by atomic mass is 35.5. The number of benzene rings is 3. The predicted molar refractivity (Wildman–Crippen MR) is 140 cm³/mol. The molecule has 1 aliphatic heterocycles. The molecule has 1 fully saturated rings. The molecule has 11 heteroatoms. The van der Waals surface area contributed by atoms with Gasteiger partial charge in [0.25, 0.3) is 11.8 Å². The van der Waals surface area contributed by atoms with Crippen LogP contribution in [0.2, 0.25) is 10.0 Å². The number of urea groups is 1. The lowest BCUT2D eigenvalue weighted by molar-refractivity contribution is -0.128. The molecule has 8 nitrogen and oxygen atoms in total. The van der Waals surface area contributed by atoms with Gasteiger partial charge in [0.2, 0.25) is 0 Å². The Kier molecular flexibility index (Phi) is 8.27. The Bertz CT molecular complexity index is 1320. The number of carbonyl (C=O) groups is 3. The molecule has 0 bridgehead atoms. The fraction of sp³-hybridized carbons (Fsp3) is 0.192. The maximum absolute atomic E-state index is 13.4. The number of rotatable bonds is 6. The van der Waals surface area contributed by atoms with Crippen LogP contribution in [0.15, 0.2) is 66.7 Å². The van der Waals surface area contributed by atoms with E-state index in [2.05, 4.69) is 10.6 Å². The van der Waals surface area contributed by atoms with Gasteiger partial charge in [-0.25, -0.2) is 9.18 Å². The van der Waals surface area contributed by atoms with Gasteiger partial charge < -0.3 is 21.3 Å². The van der Waals surface area contributed by atoms with E-state index >= 15 is 0 Å². The number of hydrogen-bond donors (Lipinski definition) is 3. The first-order valence-electron chi connectivity index (χ1n) is 11.4. The van der Waals surface area contributed by atoms with E-state index in [-0.39, 0.29) is 30.2 Å². The van der Waals surface area contributed by atoms with E-state index in [1.165, 1.54) is 34.1 Å². The largest absolute Gasteiger partial charge is 0.349 e. The van der Waals surface area contributed by atoms with E-state index < -0.39 is 29.8 Å². The molecule has 4 N–H and O–H groups in total. The summed E-state index contributed by atoms with van der Waals surface area (Å²) in [6.07, 6.45) is -1.24. The molecule has 1 heterocycles. The molecule has 0 aromatic heterocycles. The first-order valence-corrected chi connectivity index (χ1v) is 12.2. The Balaban J connectivity index is 1.56. The second-order valence-corrected chi connectivity index (χ2v) is 9.19. The molecule has 192 valence electrons. The van der Waals surface area contributed by atoms with Crippen molar-refractivity contribution < 1.29 is 18.8 Å². The molecule has 1 unspecified atom stereocenters. The molecule has 0 saturated carbocycles. The van der Waals surface area contributed by atoms with Crippen LogP contribution in [0.5, 0.6) is 0 Å². The van der Waals surface area contributed by atoms with Gasteiger partial charge in [-0.1, -0.05) is 47.5 Å². The van der Waals surface area contributed by atoms with Crippen LogP contribution < -0.4 is 16.4 Å². The summed E-state index contributed by atoms with van der Waals surface area (Å²) in [6.45, 7) is 0.726. The Hall–Kier alpha value is -3.66. The van der Waals surface area contributed by atoms with Gasteiger partial charge in [-0.15, -0.1) is 0 Å². The number of anilines is 1. The molecule has 4 rings (SSSR count). The highest BCUT2D eigenvalue weighted by Gasteiger charge is 2.43. The average Bonchev–Trinajstić information content (AvgIpc) is 3.35. The summed E-state index contributed by atoms with van der Waals surface area (Å²) in [6, 6.07) is 16.4. The number of nitrogens with two attached hydrogens (primary N) is 1. The molecule has 1 saturated heterocycles. The standard InChI is InChI=1S/C26H24Cl2FN5O3/c27-21-9-8-20(13-22(21)28)32-26(37)34-11-10-33(25(36)18-4-6-19(29)7-5-18)24(34)23(35)31-15-17-3-1-2-16(12-17)14-30/h1-9,12-13,24H,10-11,14-15,30H2,(H,31,35)(H,32,37). The molecule has 3 aromatic carbocycles. The normalized spacial score (nSPS) is 15.0. The van der Waals surface area contributed by atoms with Crippen molar-refractivity contribution in [2.24, 2.45) is 5.73 Å². The SMILES string of the molecule is NCc1cccc(CNC(=O)C2N(C(=O)Nc3ccc(Cl)c(Cl)c3)CCN2C(=O)c2ccc(F)cc2)c1. The second-order valence-electron chi connectivity index (χ2n) is 8.37. The third-order valence-corrected chi connectivity index (χ3v) is 6.62. The molecule has 4 amide bonds. The van der Waals surface area contributed by atoms with E-state index in [9.17, 15) is 18.8 Å². The highest BCUT2D eigenvalue weighted by molar-refractivity contribution is 6.42. The molecule has 0 aliphatic carbocycles. The number of nitrogens with zero attached hydrogens (tertiary/aromatic N) is 2. The third-order valence-electron chi connectivity index (χ3n) is 5.88. The molecule has 0 spiro atoms. The fourth-order valence-corrected chi connectivity index (χ4v) is 4.31. The van der Waals surface area contributed by atoms with Crippen molar-refractivity contribution in [2.45, 2.75) is 19.3 Å². The van der Waals surface area contributed by atoms with Crippen molar-refractivity contribution in [3.05, 3.63) is 99.3 Å². The Morgan fingerprint density at radius 1 is 0.919 bits per heavy atom. The van der Waals surface area contributed by atoms with Gasteiger partial charge >= 0.3 is 6.03 Å². The summed E-state index contributed by atoms with van der Waals surface area (Å²) in [7, 11) is 0. The summed E-state index contributed by atoms with van der Waals surface area (Å²) in [5.41, 5.74) is 8.00. The minimum absolute atomic E-state index is 0.0981. The zero-order chi connectivity index (χ0) is 26.5. The first-order chi connectivity index (χ1) is 17.8. The maximum atomic E-state index is 13.4. The topological polar surface area (TPSA) is 108 Å². The summed E-state index contributed by atoms with van der Waals surface area (Å²) >= 11 is 12.0. The molecule has 3 aromatic rings. The summed E-state index contributed by atoms with van der Waals surface area (Å²) in [5, 5.41) is 6.08. The van der Waals surface area contributed by atoms with E-state index in [0.29, 0.717) is 17.3 Å².